The summed E-state index contributed by atoms with van der Waals surface area (Å²) in [7, 11) is 0. The summed E-state index contributed by atoms with van der Waals surface area (Å²) < 4.78 is 0. The molecule has 78 valence electrons. The van der Waals surface area contributed by atoms with E-state index in [1.54, 1.807) is 0 Å². The first-order valence-corrected chi connectivity index (χ1v) is 4.97. The predicted octanol–water partition coefficient (Wildman–Crippen LogP) is 0.460. The Bertz CT molecular complexity index is 165. The van der Waals surface area contributed by atoms with Crippen molar-refractivity contribution in [2.45, 2.75) is 39.4 Å². The molecule has 0 aromatic rings. The van der Waals surface area contributed by atoms with Crippen molar-refractivity contribution in [2.75, 3.05) is 19.6 Å². The summed E-state index contributed by atoms with van der Waals surface area (Å²) in [6, 6.07) is 0. The highest BCUT2D eigenvalue weighted by molar-refractivity contribution is 4.81. The van der Waals surface area contributed by atoms with Gasteiger partial charge in [-0.15, -0.1) is 0 Å². The Morgan fingerprint density at radius 2 is 1.85 bits per heavy atom. The third kappa shape index (κ3) is 3.63. The fourth-order valence-corrected chi connectivity index (χ4v) is 1.80. The van der Waals surface area contributed by atoms with Crippen LogP contribution in [0, 0.1) is 5.41 Å². The number of hydrogen-bond donors (Lipinski definition) is 2. The van der Waals surface area contributed by atoms with Crippen LogP contribution in [0.15, 0.2) is 0 Å². The molecular weight excluding hydrogens is 166 g/mol. The van der Waals surface area contributed by atoms with Gasteiger partial charge in [0.25, 0.3) is 0 Å². The monoisotopic (exact) mass is 187 g/mol. The maximum absolute atomic E-state index is 9.45. The quantitative estimate of drug-likeness (QED) is 0.627. The molecule has 1 aliphatic rings. The number of rotatable bonds is 1. The van der Waals surface area contributed by atoms with Gasteiger partial charge in [0.2, 0.25) is 0 Å². The third-order valence-corrected chi connectivity index (χ3v) is 2.33. The number of aliphatic hydroxyl groups is 2. The number of hydrogen-bond acceptors (Lipinski definition) is 3. The predicted molar refractivity (Wildman–Crippen MR) is 52.5 cm³/mol. The van der Waals surface area contributed by atoms with Crippen LogP contribution in [0.25, 0.3) is 0 Å². The highest BCUT2D eigenvalue weighted by atomic mass is 16.3. The number of β-amino-alcohol motifs (C(OH)–C–C–N with tert-alkyl or cyclic N) is 1. The molecule has 3 heteroatoms. The van der Waals surface area contributed by atoms with Crippen LogP contribution in [0.5, 0.6) is 0 Å². The van der Waals surface area contributed by atoms with E-state index < -0.39 is 12.2 Å². The van der Waals surface area contributed by atoms with Crippen LogP contribution in [-0.2, 0) is 0 Å². The van der Waals surface area contributed by atoms with E-state index >= 15 is 0 Å². The Morgan fingerprint density at radius 1 is 1.23 bits per heavy atom. The molecule has 0 bridgehead atoms. The molecule has 0 aliphatic carbocycles. The van der Waals surface area contributed by atoms with E-state index in [4.69, 9.17) is 0 Å². The van der Waals surface area contributed by atoms with Gasteiger partial charge in [0.1, 0.15) is 0 Å². The van der Waals surface area contributed by atoms with E-state index in [0.29, 0.717) is 13.0 Å². The smallest absolute Gasteiger partial charge is 0.0926 e. The standard InChI is InChI=1S/C10H21NO2/c1-10(2,3)7-11-5-4-8(12)9(13)6-11/h8-9,12-13H,4-7H2,1-3H3. The first-order valence-electron chi connectivity index (χ1n) is 4.97. The second-order valence-electron chi connectivity index (χ2n) is 5.22. The molecule has 0 aromatic carbocycles. The Balaban J connectivity index is 2.38. The van der Waals surface area contributed by atoms with Crippen LogP contribution >= 0.6 is 0 Å². The molecular formula is C10H21NO2. The van der Waals surface area contributed by atoms with Crippen molar-refractivity contribution in [3.8, 4) is 0 Å². The van der Waals surface area contributed by atoms with Gasteiger partial charge in [-0.3, -0.25) is 0 Å². The highest BCUT2D eigenvalue weighted by Gasteiger charge is 2.27. The lowest BCUT2D eigenvalue weighted by Crippen LogP contribution is -2.48. The van der Waals surface area contributed by atoms with E-state index in [9.17, 15) is 10.2 Å². The fourth-order valence-electron chi connectivity index (χ4n) is 1.80. The molecule has 13 heavy (non-hydrogen) atoms. The lowest BCUT2D eigenvalue weighted by molar-refractivity contribution is -0.0446. The molecule has 0 radical (unpaired) electrons. The van der Waals surface area contributed by atoms with Gasteiger partial charge in [-0.1, -0.05) is 20.8 Å². The molecule has 0 amide bonds. The van der Waals surface area contributed by atoms with Crippen molar-refractivity contribution in [1.29, 1.82) is 0 Å². The maximum Gasteiger partial charge on any atom is 0.0926 e. The SMILES string of the molecule is CC(C)(C)CN1CCC(O)C(O)C1. The van der Waals surface area contributed by atoms with Gasteiger partial charge in [-0.2, -0.15) is 0 Å². The van der Waals surface area contributed by atoms with Crippen molar-refractivity contribution < 1.29 is 10.2 Å². The van der Waals surface area contributed by atoms with Gasteiger partial charge in [-0.25, -0.2) is 0 Å². The second kappa shape index (κ2) is 3.95. The average molecular weight is 187 g/mol. The number of aliphatic hydroxyl groups excluding tert-OH is 2. The molecule has 1 heterocycles. The molecule has 1 fully saturated rings. The minimum absolute atomic E-state index is 0.266. The Hall–Kier alpha value is -0.120. The fraction of sp³-hybridized carbons (Fsp3) is 1.00. The lowest BCUT2D eigenvalue weighted by Gasteiger charge is -2.37. The van der Waals surface area contributed by atoms with Crippen LogP contribution in [0.2, 0.25) is 0 Å². The molecule has 2 unspecified atom stereocenters. The minimum atomic E-state index is -0.559. The zero-order valence-electron chi connectivity index (χ0n) is 8.82. The normalized spacial score (nSPS) is 32.1. The van der Waals surface area contributed by atoms with Crippen LogP contribution in [0.1, 0.15) is 27.2 Å². The summed E-state index contributed by atoms with van der Waals surface area (Å²) in [5.74, 6) is 0. The number of nitrogens with zero attached hydrogens (tertiary/aromatic N) is 1. The number of likely N-dealkylation sites (tertiary alicyclic amines) is 1. The summed E-state index contributed by atoms with van der Waals surface area (Å²) in [6.07, 6.45) is -0.385. The van der Waals surface area contributed by atoms with Gasteiger partial charge in [0, 0.05) is 19.6 Å². The van der Waals surface area contributed by atoms with Crippen molar-refractivity contribution in [3.05, 3.63) is 0 Å². The highest BCUT2D eigenvalue weighted by Crippen LogP contribution is 2.19. The summed E-state index contributed by atoms with van der Waals surface area (Å²) >= 11 is 0. The van der Waals surface area contributed by atoms with Gasteiger partial charge >= 0.3 is 0 Å². The van der Waals surface area contributed by atoms with Gasteiger partial charge < -0.3 is 15.1 Å². The molecule has 2 atom stereocenters. The lowest BCUT2D eigenvalue weighted by atomic mass is 9.94. The molecule has 0 aromatic heterocycles. The summed E-state index contributed by atoms with van der Waals surface area (Å²) in [4.78, 5) is 2.22. The Labute approximate surface area is 80.4 Å². The van der Waals surface area contributed by atoms with Crippen molar-refractivity contribution in [3.63, 3.8) is 0 Å². The zero-order valence-corrected chi connectivity index (χ0v) is 8.82. The first kappa shape index (κ1) is 11.0. The van der Waals surface area contributed by atoms with E-state index in [0.717, 1.165) is 13.1 Å². The molecule has 3 nitrogen and oxygen atoms in total. The van der Waals surface area contributed by atoms with E-state index in [1.165, 1.54) is 0 Å². The largest absolute Gasteiger partial charge is 0.390 e. The molecule has 1 aliphatic heterocycles. The molecule has 1 saturated heterocycles. The van der Waals surface area contributed by atoms with Gasteiger partial charge in [0.15, 0.2) is 0 Å². The number of piperidine rings is 1. The van der Waals surface area contributed by atoms with E-state index in [1.807, 2.05) is 0 Å². The van der Waals surface area contributed by atoms with Crippen LogP contribution < -0.4 is 0 Å². The second-order valence-corrected chi connectivity index (χ2v) is 5.22. The van der Waals surface area contributed by atoms with E-state index in [-0.39, 0.29) is 5.41 Å². The molecule has 1 rings (SSSR count). The first-order chi connectivity index (χ1) is 5.88. The third-order valence-electron chi connectivity index (χ3n) is 2.33. The van der Waals surface area contributed by atoms with Crippen molar-refractivity contribution in [2.24, 2.45) is 5.41 Å². The summed E-state index contributed by atoms with van der Waals surface area (Å²) in [6.45, 7) is 9.05. The van der Waals surface area contributed by atoms with Crippen LogP contribution in [0.3, 0.4) is 0 Å². The van der Waals surface area contributed by atoms with Gasteiger partial charge in [-0.05, 0) is 11.8 Å². The average Bonchev–Trinajstić information content (AvgIpc) is 1.94. The van der Waals surface area contributed by atoms with Crippen LogP contribution in [0.4, 0.5) is 0 Å². The topological polar surface area (TPSA) is 43.7 Å². The van der Waals surface area contributed by atoms with Crippen LogP contribution in [-0.4, -0.2) is 47.0 Å². The zero-order chi connectivity index (χ0) is 10.1. The Kier molecular flexibility index (Phi) is 3.33. The van der Waals surface area contributed by atoms with Gasteiger partial charge in [0.05, 0.1) is 12.2 Å². The Morgan fingerprint density at radius 3 is 2.31 bits per heavy atom. The summed E-state index contributed by atoms with van der Waals surface area (Å²) in [5, 5.41) is 18.8. The molecule has 2 N–H and O–H groups in total. The van der Waals surface area contributed by atoms with Crippen molar-refractivity contribution >= 4 is 0 Å². The molecule has 0 saturated carbocycles. The van der Waals surface area contributed by atoms with Crippen molar-refractivity contribution in [1.82, 2.24) is 4.90 Å². The maximum atomic E-state index is 9.45. The minimum Gasteiger partial charge on any atom is -0.390 e. The summed E-state index contributed by atoms with van der Waals surface area (Å²) in [5.41, 5.74) is 0.266. The van der Waals surface area contributed by atoms with E-state index in [2.05, 4.69) is 25.7 Å². The molecule has 0 spiro atoms.